The van der Waals surface area contributed by atoms with Crippen LogP contribution in [0.5, 0.6) is 0 Å². The van der Waals surface area contributed by atoms with Crippen LogP contribution in [0, 0.1) is 0 Å². The minimum Gasteiger partial charge on any atom is -0.381 e. The Bertz CT molecular complexity index is 520. The molecule has 0 unspecified atom stereocenters. The molecule has 2 fully saturated rings. The third kappa shape index (κ3) is 4.94. The van der Waals surface area contributed by atoms with E-state index < -0.39 is 0 Å². The Balaban J connectivity index is 1.45. The molecule has 3 rings (SSSR count). The second kappa shape index (κ2) is 7.79. The molecule has 1 aromatic rings. The molecule has 1 aliphatic heterocycles. The average molecular weight is 317 g/mol. The summed E-state index contributed by atoms with van der Waals surface area (Å²) in [6, 6.07) is 9.05. The highest BCUT2D eigenvalue weighted by atomic mass is 16.5. The van der Waals surface area contributed by atoms with Crippen LogP contribution in [-0.4, -0.2) is 43.3 Å². The molecule has 0 spiro atoms. The van der Waals surface area contributed by atoms with Gasteiger partial charge < -0.3 is 20.1 Å². The number of hydrogen-bond acceptors (Lipinski definition) is 3. The number of ether oxygens (including phenoxy) is 2. The van der Waals surface area contributed by atoms with Crippen LogP contribution < -0.4 is 5.73 Å². The van der Waals surface area contributed by atoms with E-state index in [9.17, 15) is 0 Å². The quantitative estimate of drug-likeness (QED) is 0.646. The van der Waals surface area contributed by atoms with Gasteiger partial charge in [0.1, 0.15) is 0 Å². The summed E-state index contributed by atoms with van der Waals surface area (Å²) in [6.07, 6.45) is 4.80. The van der Waals surface area contributed by atoms with Crippen molar-refractivity contribution in [1.82, 2.24) is 4.90 Å². The van der Waals surface area contributed by atoms with Crippen molar-refractivity contribution >= 4 is 5.96 Å². The molecule has 5 nitrogen and oxygen atoms in total. The van der Waals surface area contributed by atoms with Gasteiger partial charge in [-0.25, -0.2) is 4.99 Å². The average Bonchev–Trinajstić information content (AvgIpc) is 3.44. The van der Waals surface area contributed by atoms with Crippen LogP contribution in [0.25, 0.3) is 0 Å². The fourth-order valence-electron chi connectivity index (χ4n) is 2.73. The number of nitrogens with zero attached hydrogens (tertiary/aromatic N) is 2. The van der Waals surface area contributed by atoms with Gasteiger partial charge in [-0.15, -0.1) is 0 Å². The molecule has 0 amide bonds. The smallest absolute Gasteiger partial charge is 0.191 e. The van der Waals surface area contributed by atoms with Crippen molar-refractivity contribution in [2.75, 3.05) is 20.3 Å². The van der Waals surface area contributed by atoms with E-state index in [1.165, 1.54) is 24.0 Å². The highest BCUT2D eigenvalue weighted by Crippen LogP contribution is 2.25. The molecule has 126 valence electrons. The summed E-state index contributed by atoms with van der Waals surface area (Å²) in [5, 5.41) is 0. The van der Waals surface area contributed by atoms with Gasteiger partial charge >= 0.3 is 0 Å². The number of benzene rings is 1. The van der Waals surface area contributed by atoms with E-state index in [0.717, 1.165) is 26.1 Å². The monoisotopic (exact) mass is 317 g/mol. The summed E-state index contributed by atoms with van der Waals surface area (Å²) < 4.78 is 11.3. The van der Waals surface area contributed by atoms with Crippen LogP contribution in [-0.2, 0) is 22.6 Å². The number of hydrogen-bond donors (Lipinski definition) is 1. The lowest BCUT2D eigenvalue weighted by Gasteiger charge is -2.22. The van der Waals surface area contributed by atoms with Gasteiger partial charge in [-0.05, 0) is 36.8 Å². The van der Waals surface area contributed by atoms with Gasteiger partial charge in [-0.3, -0.25) is 0 Å². The molecule has 1 aromatic carbocycles. The molecule has 2 N–H and O–H groups in total. The summed E-state index contributed by atoms with van der Waals surface area (Å²) >= 11 is 0. The first-order chi connectivity index (χ1) is 11.2. The predicted octanol–water partition coefficient (Wildman–Crippen LogP) is 2.29. The van der Waals surface area contributed by atoms with E-state index >= 15 is 0 Å². The molecule has 0 bridgehead atoms. The maximum atomic E-state index is 6.01. The Kier molecular flexibility index (Phi) is 5.51. The number of aliphatic imine (C=N–C) groups is 1. The van der Waals surface area contributed by atoms with Crippen LogP contribution in [0.4, 0.5) is 0 Å². The second-order valence-corrected chi connectivity index (χ2v) is 6.46. The minimum absolute atomic E-state index is 0.339. The predicted molar refractivity (Wildman–Crippen MR) is 91.2 cm³/mol. The summed E-state index contributed by atoms with van der Waals surface area (Å²) in [6.45, 7) is 2.93. The summed E-state index contributed by atoms with van der Waals surface area (Å²) in [7, 11) is 2.02. The van der Waals surface area contributed by atoms with E-state index in [2.05, 4.69) is 34.2 Å². The highest BCUT2D eigenvalue weighted by molar-refractivity contribution is 5.78. The van der Waals surface area contributed by atoms with E-state index in [0.29, 0.717) is 31.3 Å². The lowest BCUT2D eigenvalue weighted by molar-refractivity contribution is -0.0390. The van der Waals surface area contributed by atoms with Gasteiger partial charge in [-0.2, -0.15) is 0 Å². The normalized spacial score (nSPS) is 19.8. The maximum Gasteiger partial charge on any atom is 0.191 e. The van der Waals surface area contributed by atoms with E-state index in [1.807, 2.05) is 7.05 Å². The molecule has 23 heavy (non-hydrogen) atoms. The molecule has 5 heteroatoms. The molecule has 0 aromatic heterocycles. The molecular weight excluding hydrogens is 290 g/mol. The van der Waals surface area contributed by atoms with Crippen molar-refractivity contribution in [3.05, 3.63) is 35.4 Å². The van der Waals surface area contributed by atoms with Crippen molar-refractivity contribution in [1.29, 1.82) is 0 Å². The first-order valence-electron chi connectivity index (χ1n) is 8.52. The van der Waals surface area contributed by atoms with E-state index in [1.54, 1.807) is 0 Å². The van der Waals surface area contributed by atoms with E-state index in [4.69, 9.17) is 15.2 Å². The summed E-state index contributed by atoms with van der Waals surface area (Å²) in [5.74, 6) is 0.638. The van der Waals surface area contributed by atoms with Crippen molar-refractivity contribution in [3.8, 4) is 0 Å². The fraction of sp³-hybridized carbons (Fsp3) is 0.611. The molecule has 2 aliphatic rings. The van der Waals surface area contributed by atoms with Crippen molar-refractivity contribution in [2.24, 2.45) is 10.7 Å². The SMILES string of the molecule is CN(C(N)=NCc1ccc(COC2CCOCC2)cc1)C1CC1. The van der Waals surface area contributed by atoms with Crippen LogP contribution >= 0.6 is 0 Å². The van der Waals surface area contributed by atoms with Gasteiger partial charge in [-0.1, -0.05) is 24.3 Å². The second-order valence-electron chi connectivity index (χ2n) is 6.46. The van der Waals surface area contributed by atoms with Gasteiger partial charge in [0.25, 0.3) is 0 Å². The Labute approximate surface area is 138 Å². The zero-order valence-corrected chi connectivity index (χ0v) is 13.9. The van der Waals surface area contributed by atoms with Crippen LogP contribution in [0.3, 0.4) is 0 Å². The third-order valence-corrected chi connectivity index (χ3v) is 4.56. The van der Waals surface area contributed by atoms with Crippen LogP contribution in [0.15, 0.2) is 29.3 Å². The Morgan fingerprint density at radius 3 is 2.48 bits per heavy atom. The molecule has 0 atom stereocenters. The zero-order valence-electron chi connectivity index (χ0n) is 13.9. The number of rotatable bonds is 6. The number of guanidine groups is 1. The molecule has 1 saturated carbocycles. The molecule has 0 radical (unpaired) electrons. The van der Waals surface area contributed by atoms with Crippen LogP contribution in [0.2, 0.25) is 0 Å². The molecular formula is C18H27N3O2. The summed E-state index contributed by atoms with van der Waals surface area (Å²) in [4.78, 5) is 6.56. The topological polar surface area (TPSA) is 60.1 Å². The molecule has 1 heterocycles. The first-order valence-corrected chi connectivity index (χ1v) is 8.52. The molecule has 1 aliphatic carbocycles. The zero-order chi connectivity index (χ0) is 16.1. The van der Waals surface area contributed by atoms with Gasteiger partial charge in [0.05, 0.1) is 19.3 Å². The lowest BCUT2D eigenvalue weighted by Crippen LogP contribution is -2.35. The third-order valence-electron chi connectivity index (χ3n) is 4.56. The first kappa shape index (κ1) is 16.3. The number of nitrogens with two attached hydrogens (primary N) is 1. The van der Waals surface area contributed by atoms with E-state index in [-0.39, 0.29) is 0 Å². The van der Waals surface area contributed by atoms with Crippen LogP contribution in [0.1, 0.15) is 36.8 Å². The Morgan fingerprint density at radius 2 is 1.83 bits per heavy atom. The highest BCUT2D eigenvalue weighted by Gasteiger charge is 2.27. The largest absolute Gasteiger partial charge is 0.381 e. The maximum absolute atomic E-state index is 6.01. The Morgan fingerprint density at radius 1 is 1.17 bits per heavy atom. The lowest BCUT2D eigenvalue weighted by atomic mass is 10.1. The minimum atomic E-state index is 0.339. The molecule has 1 saturated heterocycles. The van der Waals surface area contributed by atoms with Crippen molar-refractivity contribution < 1.29 is 9.47 Å². The van der Waals surface area contributed by atoms with Gasteiger partial charge in [0.2, 0.25) is 0 Å². The Hall–Kier alpha value is -1.59. The standard InChI is InChI=1S/C18H27N3O2/c1-21(16-6-7-16)18(19)20-12-14-2-4-15(5-3-14)13-23-17-8-10-22-11-9-17/h2-5,16-17H,6-13H2,1H3,(H2,19,20). The summed E-state index contributed by atoms with van der Waals surface area (Å²) in [5.41, 5.74) is 8.39. The van der Waals surface area contributed by atoms with Gasteiger partial charge in [0.15, 0.2) is 5.96 Å². The fourth-order valence-corrected chi connectivity index (χ4v) is 2.73. The van der Waals surface area contributed by atoms with Crippen molar-refractivity contribution in [3.63, 3.8) is 0 Å². The van der Waals surface area contributed by atoms with Gasteiger partial charge in [0, 0.05) is 26.3 Å². The van der Waals surface area contributed by atoms with Crippen molar-refractivity contribution in [2.45, 2.75) is 51.0 Å².